The maximum absolute atomic E-state index is 4.48. The minimum absolute atomic E-state index is 0.557. The molecule has 3 aromatic rings. The van der Waals surface area contributed by atoms with E-state index >= 15 is 0 Å². The highest BCUT2D eigenvalue weighted by molar-refractivity contribution is 7.79. The van der Waals surface area contributed by atoms with Crippen molar-refractivity contribution >= 4 is 23.4 Å². The Labute approximate surface area is 111 Å². The average molecular weight is 252 g/mol. The van der Waals surface area contributed by atoms with Crippen LogP contribution in [0.5, 0.6) is 0 Å². The quantitative estimate of drug-likeness (QED) is 0.703. The second-order valence-corrected chi connectivity index (χ2v) is 4.39. The van der Waals surface area contributed by atoms with E-state index in [-0.39, 0.29) is 0 Å². The smallest absolute Gasteiger partial charge is 0.138 e. The zero-order valence-electron chi connectivity index (χ0n) is 9.74. The first-order chi connectivity index (χ1) is 8.86. The van der Waals surface area contributed by atoms with Crippen LogP contribution < -0.4 is 0 Å². The minimum Gasteiger partial charge on any atom is -0.240 e. The van der Waals surface area contributed by atoms with Crippen LogP contribution in [-0.4, -0.2) is 9.97 Å². The summed E-state index contributed by atoms with van der Waals surface area (Å²) in [6, 6.07) is 16.6. The second kappa shape index (κ2) is 4.78. The molecule has 0 N–H and O–H groups in total. The number of rotatable bonds is 2. The van der Waals surface area contributed by atoms with E-state index in [9.17, 15) is 0 Å². The van der Waals surface area contributed by atoms with Gasteiger partial charge in [0.25, 0.3) is 0 Å². The fraction of sp³-hybridized carbons (Fsp3) is 0.0667. The number of aromatic nitrogens is 2. The van der Waals surface area contributed by atoms with Gasteiger partial charge in [0.05, 0.1) is 11.4 Å². The van der Waals surface area contributed by atoms with E-state index in [0.29, 0.717) is 5.75 Å². The van der Waals surface area contributed by atoms with Gasteiger partial charge in [0.2, 0.25) is 0 Å². The van der Waals surface area contributed by atoms with Gasteiger partial charge < -0.3 is 0 Å². The molecule has 0 aliphatic rings. The van der Waals surface area contributed by atoms with Gasteiger partial charge in [-0.05, 0) is 22.9 Å². The molecule has 1 heterocycles. The summed E-state index contributed by atoms with van der Waals surface area (Å²) in [5.41, 5.74) is 2.05. The lowest BCUT2D eigenvalue weighted by Crippen LogP contribution is -1.92. The molecule has 3 heteroatoms. The number of nitrogens with zero attached hydrogens (tertiary/aromatic N) is 2. The number of fused-ring (bicyclic) bond motifs is 1. The van der Waals surface area contributed by atoms with Crippen LogP contribution in [0.15, 0.2) is 54.7 Å². The Morgan fingerprint density at radius 3 is 2.61 bits per heavy atom. The molecule has 0 aliphatic heterocycles. The van der Waals surface area contributed by atoms with E-state index in [0.717, 1.165) is 17.1 Å². The van der Waals surface area contributed by atoms with Crippen LogP contribution in [0.3, 0.4) is 0 Å². The molecule has 0 amide bonds. The van der Waals surface area contributed by atoms with E-state index in [1.807, 2.05) is 18.2 Å². The Hall–Kier alpha value is -1.87. The zero-order valence-corrected chi connectivity index (χ0v) is 10.6. The van der Waals surface area contributed by atoms with E-state index in [4.69, 9.17) is 0 Å². The summed E-state index contributed by atoms with van der Waals surface area (Å²) in [6.45, 7) is 0. The monoisotopic (exact) mass is 252 g/mol. The molecular formula is C15H12N2S. The summed E-state index contributed by atoms with van der Waals surface area (Å²) in [7, 11) is 0. The van der Waals surface area contributed by atoms with Crippen molar-refractivity contribution in [2.75, 3.05) is 0 Å². The van der Waals surface area contributed by atoms with Crippen molar-refractivity contribution in [1.82, 2.24) is 9.97 Å². The van der Waals surface area contributed by atoms with Gasteiger partial charge in [0.15, 0.2) is 0 Å². The highest BCUT2D eigenvalue weighted by Crippen LogP contribution is 2.22. The van der Waals surface area contributed by atoms with Crippen molar-refractivity contribution in [1.29, 1.82) is 0 Å². The topological polar surface area (TPSA) is 25.8 Å². The Bertz CT molecular complexity index is 695. The first-order valence-corrected chi connectivity index (χ1v) is 6.42. The van der Waals surface area contributed by atoms with E-state index in [1.54, 1.807) is 6.20 Å². The highest BCUT2D eigenvalue weighted by Gasteiger charge is 2.02. The number of benzene rings is 2. The molecule has 18 heavy (non-hydrogen) atoms. The lowest BCUT2D eigenvalue weighted by molar-refractivity contribution is 1.04. The van der Waals surface area contributed by atoms with Crippen LogP contribution in [0.25, 0.3) is 22.0 Å². The van der Waals surface area contributed by atoms with Crippen LogP contribution in [0.4, 0.5) is 0 Å². The van der Waals surface area contributed by atoms with Crippen molar-refractivity contribution in [3.63, 3.8) is 0 Å². The fourth-order valence-corrected chi connectivity index (χ4v) is 2.14. The van der Waals surface area contributed by atoms with Crippen molar-refractivity contribution in [2.24, 2.45) is 0 Å². The lowest BCUT2D eigenvalue weighted by Gasteiger charge is -2.04. The third-order valence-electron chi connectivity index (χ3n) is 2.89. The van der Waals surface area contributed by atoms with Crippen LogP contribution in [0.1, 0.15) is 5.82 Å². The molecule has 0 unspecified atom stereocenters. The summed E-state index contributed by atoms with van der Waals surface area (Å²) < 4.78 is 0. The molecular weight excluding hydrogens is 240 g/mol. The fourth-order valence-electron chi connectivity index (χ4n) is 1.98. The van der Waals surface area contributed by atoms with E-state index in [2.05, 4.69) is 52.9 Å². The first kappa shape index (κ1) is 11.2. The number of hydrogen-bond acceptors (Lipinski definition) is 3. The van der Waals surface area contributed by atoms with Gasteiger partial charge in [-0.15, -0.1) is 0 Å². The molecule has 1 aromatic heterocycles. The molecule has 88 valence electrons. The molecule has 0 fully saturated rings. The molecule has 0 bridgehead atoms. The van der Waals surface area contributed by atoms with Crippen molar-refractivity contribution in [2.45, 2.75) is 5.75 Å². The first-order valence-electron chi connectivity index (χ1n) is 5.79. The summed E-state index contributed by atoms with van der Waals surface area (Å²) in [6.07, 6.45) is 1.78. The Balaban J connectivity index is 2.13. The third-order valence-corrected chi connectivity index (χ3v) is 3.17. The van der Waals surface area contributed by atoms with Crippen molar-refractivity contribution < 1.29 is 0 Å². The minimum atomic E-state index is 0.557. The molecule has 0 saturated heterocycles. The Morgan fingerprint density at radius 1 is 0.944 bits per heavy atom. The van der Waals surface area contributed by atoms with Gasteiger partial charge in [-0.1, -0.05) is 36.4 Å². The Kier molecular flexibility index (Phi) is 2.99. The van der Waals surface area contributed by atoms with Gasteiger partial charge in [0, 0.05) is 11.8 Å². The molecule has 0 atom stereocenters. The van der Waals surface area contributed by atoms with Crippen molar-refractivity contribution in [3.05, 3.63) is 60.6 Å². The van der Waals surface area contributed by atoms with Crippen LogP contribution in [0, 0.1) is 0 Å². The van der Waals surface area contributed by atoms with Gasteiger partial charge in [-0.2, -0.15) is 12.6 Å². The van der Waals surface area contributed by atoms with Gasteiger partial charge in [-0.3, -0.25) is 0 Å². The van der Waals surface area contributed by atoms with Crippen LogP contribution >= 0.6 is 12.6 Å². The SMILES string of the molecule is SCc1nccc(-c2ccc3ccccc3c2)n1. The van der Waals surface area contributed by atoms with Crippen molar-refractivity contribution in [3.8, 4) is 11.3 Å². The number of hydrogen-bond donors (Lipinski definition) is 1. The molecule has 0 saturated carbocycles. The number of thiol groups is 1. The van der Waals surface area contributed by atoms with E-state index < -0.39 is 0 Å². The molecule has 2 nitrogen and oxygen atoms in total. The predicted octanol–water partition coefficient (Wildman–Crippen LogP) is 3.73. The largest absolute Gasteiger partial charge is 0.240 e. The summed E-state index contributed by atoms with van der Waals surface area (Å²) in [5, 5.41) is 2.46. The Morgan fingerprint density at radius 2 is 1.78 bits per heavy atom. The second-order valence-electron chi connectivity index (χ2n) is 4.08. The standard InChI is InChI=1S/C15H12N2S/c18-10-15-16-8-7-14(17-15)13-6-5-11-3-1-2-4-12(11)9-13/h1-9,18H,10H2. The molecule has 0 spiro atoms. The van der Waals surface area contributed by atoms with Crippen LogP contribution in [0.2, 0.25) is 0 Å². The van der Waals surface area contributed by atoms with E-state index in [1.165, 1.54) is 10.8 Å². The summed E-state index contributed by atoms with van der Waals surface area (Å²) in [5.74, 6) is 1.31. The van der Waals surface area contributed by atoms with Gasteiger partial charge in [-0.25, -0.2) is 9.97 Å². The highest BCUT2D eigenvalue weighted by atomic mass is 32.1. The maximum atomic E-state index is 4.48. The van der Waals surface area contributed by atoms with Gasteiger partial charge >= 0.3 is 0 Å². The molecule has 0 radical (unpaired) electrons. The third kappa shape index (κ3) is 2.09. The molecule has 2 aromatic carbocycles. The van der Waals surface area contributed by atoms with Crippen LogP contribution in [-0.2, 0) is 5.75 Å². The average Bonchev–Trinajstić information content (AvgIpc) is 2.47. The van der Waals surface area contributed by atoms with Gasteiger partial charge in [0.1, 0.15) is 5.82 Å². The maximum Gasteiger partial charge on any atom is 0.138 e. The normalized spacial score (nSPS) is 10.7. The summed E-state index contributed by atoms with van der Waals surface area (Å²) >= 11 is 4.20. The molecule has 0 aliphatic carbocycles. The lowest BCUT2D eigenvalue weighted by atomic mass is 10.1. The zero-order chi connectivity index (χ0) is 12.4. The molecule has 3 rings (SSSR count). The predicted molar refractivity (Wildman–Crippen MR) is 77.7 cm³/mol. The summed E-state index contributed by atoms with van der Waals surface area (Å²) in [4.78, 5) is 8.64.